The Balaban J connectivity index is 1.69. The van der Waals surface area contributed by atoms with Crippen LogP contribution in [0.1, 0.15) is 25.1 Å². The molecule has 1 aliphatic rings. The number of halogens is 1. The molecule has 128 valence electrons. The van der Waals surface area contributed by atoms with E-state index in [0.29, 0.717) is 40.3 Å². The largest absolute Gasteiger partial charge is 0.330 e. The lowest BCUT2D eigenvalue weighted by atomic mass is 10.2. The molecule has 0 bridgehead atoms. The molecule has 0 amide bonds. The normalized spacial score (nSPS) is 19.8. The van der Waals surface area contributed by atoms with E-state index in [-0.39, 0.29) is 5.89 Å². The third-order valence-electron chi connectivity index (χ3n) is 5.05. The molecule has 5 aromatic rings. The molecular formula is C17H12FN7O. The SMILES string of the molecule is CC1CC1c1noc(-c2nnc3c4ccccc4n4c(F)ncc4n23)n1. The van der Waals surface area contributed by atoms with Crippen LogP contribution in [0.3, 0.4) is 0 Å². The van der Waals surface area contributed by atoms with Gasteiger partial charge in [-0.1, -0.05) is 24.2 Å². The predicted octanol–water partition coefficient (Wildman–Crippen LogP) is 2.84. The molecule has 1 aliphatic carbocycles. The maximum atomic E-state index is 14.4. The average Bonchev–Trinajstić information content (AvgIpc) is 3.05. The molecule has 1 saturated carbocycles. The third-order valence-corrected chi connectivity index (χ3v) is 5.05. The van der Waals surface area contributed by atoms with E-state index in [9.17, 15) is 4.39 Å². The molecule has 2 unspecified atom stereocenters. The lowest BCUT2D eigenvalue weighted by Crippen LogP contribution is -2.00. The molecule has 1 fully saturated rings. The first-order valence-electron chi connectivity index (χ1n) is 8.35. The second-order valence-electron chi connectivity index (χ2n) is 6.70. The van der Waals surface area contributed by atoms with Crippen LogP contribution in [0.5, 0.6) is 0 Å². The molecule has 26 heavy (non-hydrogen) atoms. The van der Waals surface area contributed by atoms with Crippen molar-refractivity contribution in [3.63, 3.8) is 0 Å². The molecule has 0 saturated heterocycles. The number of hydrogen-bond donors (Lipinski definition) is 0. The minimum Gasteiger partial charge on any atom is -0.330 e. The molecule has 0 radical (unpaired) electrons. The summed E-state index contributed by atoms with van der Waals surface area (Å²) in [6.07, 6.45) is 1.90. The summed E-state index contributed by atoms with van der Waals surface area (Å²) in [5.74, 6) is 2.23. The number of benzene rings is 1. The molecular weight excluding hydrogens is 337 g/mol. The highest BCUT2D eigenvalue weighted by atomic mass is 19.1. The van der Waals surface area contributed by atoms with E-state index in [1.165, 1.54) is 10.6 Å². The summed E-state index contributed by atoms with van der Waals surface area (Å²) in [5.41, 5.74) is 1.75. The Labute approximate surface area is 145 Å². The van der Waals surface area contributed by atoms with Crippen molar-refractivity contribution in [2.45, 2.75) is 19.3 Å². The Morgan fingerprint density at radius 2 is 2.04 bits per heavy atom. The van der Waals surface area contributed by atoms with Gasteiger partial charge in [0.25, 0.3) is 12.0 Å². The van der Waals surface area contributed by atoms with Gasteiger partial charge in [-0.2, -0.15) is 9.37 Å². The van der Waals surface area contributed by atoms with Crippen LogP contribution in [0.25, 0.3) is 33.9 Å². The molecule has 1 aromatic carbocycles. The van der Waals surface area contributed by atoms with Gasteiger partial charge in [0.05, 0.1) is 11.7 Å². The van der Waals surface area contributed by atoms with Crippen molar-refractivity contribution in [2.24, 2.45) is 5.92 Å². The number of hydrogen-bond acceptors (Lipinski definition) is 6. The minimum absolute atomic E-state index is 0.269. The van der Waals surface area contributed by atoms with E-state index in [4.69, 9.17) is 4.52 Å². The Kier molecular flexibility index (Phi) is 2.47. The van der Waals surface area contributed by atoms with Crippen molar-refractivity contribution >= 4 is 22.2 Å². The first kappa shape index (κ1) is 13.9. The lowest BCUT2D eigenvalue weighted by Gasteiger charge is -2.06. The maximum Gasteiger partial charge on any atom is 0.296 e. The minimum atomic E-state index is -0.601. The predicted molar refractivity (Wildman–Crippen MR) is 89.0 cm³/mol. The van der Waals surface area contributed by atoms with Crippen LogP contribution in [-0.2, 0) is 0 Å². The van der Waals surface area contributed by atoms with E-state index in [1.54, 1.807) is 4.40 Å². The molecule has 2 atom stereocenters. The van der Waals surface area contributed by atoms with Gasteiger partial charge in [0.15, 0.2) is 11.5 Å². The molecule has 0 N–H and O–H groups in total. The van der Waals surface area contributed by atoms with Crippen LogP contribution in [-0.4, -0.2) is 34.1 Å². The second kappa shape index (κ2) is 4.63. The van der Waals surface area contributed by atoms with Crippen molar-refractivity contribution < 1.29 is 8.91 Å². The second-order valence-corrected chi connectivity index (χ2v) is 6.70. The summed E-state index contributed by atoms with van der Waals surface area (Å²) >= 11 is 0. The van der Waals surface area contributed by atoms with Crippen LogP contribution >= 0.6 is 0 Å². The molecule has 0 spiro atoms. The van der Waals surface area contributed by atoms with Gasteiger partial charge in [-0.3, -0.25) is 8.80 Å². The number of para-hydroxylation sites is 1. The summed E-state index contributed by atoms with van der Waals surface area (Å²) in [6, 6.07) is 7.40. The van der Waals surface area contributed by atoms with Crippen molar-refractivity contribution in [1.29, 1.82) is 0 Å². The van der Waals surface area contributed by atoms with Crippen molar-refractivity contribution in [2.75, 3.05) is 0 Å². The van der Waals surface area contributed by atoms with Crippen LogP contribution in [0.15, 0.2) is 35.0 Å². The molecule has 6 rings (SSSR count). The topological polar surface area (TPSA) is 86.4 Å². The third kappa shape index (κ3) is 1.69. The summed E-state index contributed by atoms with van der Waals surface area (Å²) in [4.78, 5) is 8.30. The number of imidazole rings is 1. The highest BCUT2D eigenvalue weighted by Gasteiger charge is 2.38. The fourth-order valence-corrected chi connectivity index (χ4v) is 3.53. The molecule has 9 heteroatoms. The number of aromatic nitrogens is 7. The van der Waals surface area contributed by atoms with E-state index < -0.39 is 6.08 Å². The summed E-state index contributed by atoms with van der Waals surface area (Å²) < 4.78 is 22.9. The van der Waals surface area contributed by atoms with Crippen LogP contribution in [0.2, 0.25) is 0 Å². The Hall–Kier alpha value is -3.36. The van der Waals surface area contributed by atoms with Gasteiger partial charge in [-0.25, -0.2) is 4.98 Å². The maximum absolute atomic E-state index is 14.4. The highest BCUT2D eigenvalue weighted by Crippen LogP contribution is 2.45. The van der Waals surface area contributed by atoms with Crippen molar-refractivity contribution in [1.82, 2.24) is 34.1 Å². The van der Waals surface area contributed by atoms with E-state index in [1.807, 2.05) is 24.3 Å². The Bertz CT molecular complexity index is 1320. The zero-order chi connectivity index (χ0) is 17.4. The molecule has 4 heterocycles. The zero-order valence-corrected chi connectivity index (χ0v) is 13.7. The highest BCUT2D eigenvalue weighted by molar-refractivity contribution is 5.94. The number of rotatable bonds is 2. The average molecular weight is 349 g/mol. The quantitative estimate of drug-likeness (QED) is 0.487. The zero-order valence-electron chi connectivity index (χ0n) is 13.7. The van der Waals surface area contributed by atoms with Gasteiger partial charge in [-0.05, 0) is 24.5 Å². The van der Waals surface area contributed by atoms with E-state index in [0.717, 1.165) is 11.8 Å². The number of nitrogens with zero attached hydrogens (tertiary/aromatic N) is 7. The molecule has 8 nitrogen and oxygen atoms in total. The van der Waals surface area contributed by atoms with Gasteiger partial charge in [0.1, 0.15) is 5.65 Å². The monoisotopic (exact) mass is 349 g/mol. The van der Waals surface area contributed by atoms with Gasteiger partial charge >= 0.3 is 0 Å². The first-order valence-corrected chi connectivity index (χ1v) is 8.35. The Morgan fingerprint density at radius 3 is 2.88 bits per heavy atom. The lowest BCUT2D eigenvalue weighted by molar-refractivity contribution is 0.419. The smallest absolute Gasteiger partial charge is 0.296 e. The summed E-state index contributed by atoms with van der Waals surface area (Å²) in [7, 11) is 0. The standard InChI is InChI=1S/C17H12FN7O/c1-8-6-10(8)13-20-16(26-23-13)15-22-21-14-9-4-2-3-5-11(9)24-12(25(14)15)7-19-17(24)18/h2-5,7-8,10H,6H2,1H3. The molecule has 0 aliphatic heterocycles. The first-order chi connectivity index (χ1) is 12.7. The van der Waals surface area contributed by atoms with Crippen LogP contribution in [0.4, 0.5) is 4.39 Å². The fourth-order valence-electron chi connectivity index (χ4n) is 3.53. The van der Waals surface area contributed by atoms with Crippen LogP contribution < -0.4 is 0 Å². The van der Waals surface area contributed by atoms with Crippen LogP contribution in [0, 0.1) is 12.0 Å². The number of fused-ring (bicyclic) bond motifs is 6. The van der Waals surface area contributed by atoms with E-state index >= 15 is 0 Å². The molecule has 4 aromatic heterocycles. The van der Waals surface area contributed by atoms with Gasteiger partial charge < -0.3 is 4.52 Å². The summed E-state index contributed by atoms with van der Waals surface area (Å²) in [5, 5.41) is 13.4. The van der Waals surface area contributed by atoms with Gasteiger partial charge in [0.2, 0.25) is 5.82 Å². The van der Waals surface area contributed by atoms with E-state index in [2.05, 4.69) is 32.2 Å². The van der Waals surface area contributed by atoms with Crippen molar-refractivity contribution in [3.8, 4) is 11.7 Å². The Morgan fingerprint density at radius 1 is 1.19 bits per heavy atom. The van der Waals surface area contributed by atoms with Gasteiger partial charge in [-0.15, -0.1) is 10.2 Å². The van der Waals surface area contributed by atoms with Gasteiger partial charge in [0, 0.05) is 11.3 Å². The van der Waals surface area contributed by atoms with Crippen molar-refractivity contribution in [3.05, 3.63) is 42.4 Å². The summed E-state index contributed by atoms with van der Waals surface area (Å²) in [6.45, 7) is 2.15. The fraction of sp³-hybridized carbons (Fsp3) is 0.235.